The molecule has 0 bridgehead atoms. The highest BCUT2D eigenvalue weighted by molar-refractivity contribution is 5.82. The monoisotopic (exact) mass is 270 g/mol. The number of amides is 1. The second-order valence-electron chi connectivity index (χ2n) is 5.21. The molecule has 110 valence electrons. The number of ether oxygens (including phenoxy) is 1. The first-order valence-electron chi connectivity index (χ1n) is 7.23. The van der Waals surface area contributed by atoms with E-state index in [1.807, 2.05) is 0 Å². The molecule has 1 fully saturated rings. The van der Waals surface area contributed by atoms with Crippen LogP contribution >= 0.6 is 0 Å². The number of nitrogens with zero attached hydrogens (tertiary/aromatic N) is 1. The number of carbonyl (C=O) groups is 2. The second kappa shape index (κ2) is 8.15. The Morgan fingerprint density at radius 3 is 2.79 bits per heavy atom. The minimum Gasteiger partial charge on any atom is -0.469 e. The zero-order chi connectivity index (χ0) is 14.3. The number of piperidine rings is 1. The number of methoxy groups -OCH3 is 1. The summed E-state index contributed by atoms with van der Waals surface area (Å²) in [5, 5.41) is 0. The van der Waals surface area contributed by atoms with Crippen LogP contribution in [0, 0.1) is 0 Å². The standard InChI is InChI=1S/C14H26N2O3/c1-3-4-8-12(15)14(18)16-9-6-5-7-11(16)10-13(17)19-2/h11-12H,3-10,15H2,1-2H3/t11?,12-/m0/s1. The summed E-state index contributed by atoms with van der Waals surface area (Å²) in [6.45, 7) is 2.79. The van der Waals surface area contributed by atoms with Crippen molar-refractivity contribution in [3.05, 3.63) is 0 Å². The smallest absolute Gasteiger partial charge is 0.307 e. The van der Waals surface area contributed by atoms with Gasteiger partial charge in [0.25, 0.3) is 0 Å². The Balaban J connectivity index is 2.59. The van der Waals surface area contributed by atoms with Gasteiger partial charge >= 0.3 is 5.97 Å². The summed E-state index contributed by atoms with van der Waals surface area (Å²) in [6, 6.07) is -0.473. The van der Waals surface area contributed by atoms with E-state index in [1.165, 1.54) is 7.11 Å². The molecule has 0 saturated carbocycles. The van der Waals surface area contributed by atoms with Gasteiger partial charge in [-0.25, -0.2) is 0 Å². The summed E-state index contributed by atoms with van der Waals surface area (Å²) < 4.78 is 4.70. The molecule has 0 spiro atoms. The molecule has 0 aliphatic carbocycles. The molecular weight excluding hydrogens is 244 g/mol. The van der Waals surface area contributed by atoms with Crippen LogP contribution in [0.3, 0.4) is 0 Å². The zero-order valence-corrected chi connectivity index (χ0v) is 12.1. The van der Waals surface area contributed by atoms with E-state index in [9.17, 15) is 9.59 Å². The van der Waals surface area contributed by atoms with Crippen molar-refractivity contribution in [3.63, 3.8) is 0 Å². The van der Waals surface area contributed by atoms with Crippen LogP contribution < -0.4 is 5.73 Å². The predicted molar refractivity (Wildman–Crippen MR) is 73.5 cm³/mol. The molecule has 5 nitrogen and oxygen atoms in total. The number of likely N-dealkylation sites (tertiary alicyclic amines) is 1. The number of carbonyl (C=O) groups excluding carboxylic acids is 2. The largest absolute Gasteiger partial charge is 0.469 e. The van der Waals surface area contributed by atoms with Crippen LogP contribution in [0.2, 0.25) is 0 Å². The number of nitrogens with two attached hydrogens (primary N) is 1. The lowest BCUT2D eigenvalue weighted by Crippen LogP contribution is -2.51. The van der Waals surface area contributed by atoms with Gasteiger partial charge in [-0.1, -0.05) is 19.8 Å². The van der Waals surface area contributed by atoms with Gasteiger partial charge in [0.1, 0.15) is 0 Å². The third kappa shape index (κ3) is 4.82. The first kappa shape index (κ1) is 16.0. The first-order valence-corrected chi connectivity index (χ1v) is 7.23. The summed E-state index contributed by atoms with van der Waals surface area (Å²) in [6.07, 6.45) is 5.90. The Bertz CT molecular complexity index is 307. The Morgan fingerprint density at radius 2 is 2.16 bits per heavy atom. The number of rotatable bonds is 6. The summed E-state index contributed by atoms with van der Waals surface area (Å²) in [5.74, 6) is -0.270. The molecule has 0 radical (unpaired) electrons. The fourth-order valence-electron chi connectivity index (χ4n) is 2.54. The molecule has 1 unspecified atom stereocenters. The van der Waals surface area contributed by atoms with Crippen molar-refractivity contribution in [2.24, 2.45) is 5.73 Å². The van der Waals surface area contributed by atoms with Gasteiger partial charge in [0, 0.05) is 12.6 Å². The van der Waals surface area contributed by atoms with E-state index in [0.717, 1.165) is 38.5 Å². The maximum Gasteiger partial charge on any atom is 0.307 e. The van der Waals surface area contributed by atoms with E-state index >= 15 is 0 Å². The van der Waals surface area contributed by atoms with Crippen LogP contribution in [0.4, 0.5) is 0 Å². The van der Waals surface area contributed by atoms with Crippen molar-refractivity contribution in [2.75, 3.05) is 13.7 Å². The van der Waals surface area contributed by atoms with Gasteiger partial charge in [-0.15, -0.1) is 0 Å². The third-order valence-corrected chi connectivity index (χ3v) is 3.73. The predicted octanol–water partition coefficient (Wildman–Crippen LogP) is 1.45. The molecule has 2 atom stereocenters. The van der Waals surface area contributed by atoms with Crippen LogP contribution in [0.5, 0.6) is 0 Å². The summed E-state index contributed by atoms with van der Waals surface area (Å²) in [4.78, 5) is 25.5. The molecule has 1 rings (SSSR count). The van der Waals surface area contributed by atoms with E-state index < -0.39 is 6.04 Å². The minimum atomic E-state index is -0.432. The van der Waals surface area contributed by atoms with Gasteiger partial charge in [0.15, 0.2) is 0 Å². The van der Waals surface area contributed by atoms with Gasteiger partial charge in [-0.05, 0) is 25.7 Å². The van der Waals surface area contributed by atoms with Gasteiger partial charge in [0.05, 0.1) is 19.6 Å². The Morgan fingerprint density at radius 1 is 1.42 bits per heavy atom. The maximum atomic E-state index is 12.3. The molecule has 2 N–H and O–H groups in total. The van der Waals surface area contributed by atoms with Gasteiger partial charge in [0.2, 0.25) is 5.91 Å². The number of hydrogen-bond acceptors (Lipinski definition) is 4. The highest BCUT2D eigenvalue weighted by atomic mass is 16.5. The fraction of sp³-hybridized carbons (Fsp3) is 0.857. The van der Waals surface area contributed by atoms with Gasteiger partial charge in [-0.2, -0.15) is 0 Å². The third-order valence-electron chi connectivity index (χ3n) is 3.73. The quantitative estimate of drug-likeness (QED) is 0.741. The highest BCUT2D eigenvalue weighted by Gasteiger charge is 2.31. The van der Waals surface area contributed by atoms with E-state index in [-0.39, 0.29) is 24.3 Å². The molecule has 1 heterocycles. The van der Waals surface area contributed by atoms with Crippen LogP contribution in [-0.4, -0.2) is 42.5 Å². The molecule has 1 aliphatic heterocycles. The van der Waals surface area contributed by atoms with Crippen molar-refractivity contribution in [1.29, 1.82) is 0 Å². The van der Waals surface area contributed by atoms with Crippen molar-refractivity contribution >= 4 is 11.9 Å². The van der Waals surface area contributed by atoms with Crippen LogP contribution in [-0.2, 0) is 14.3 Å². The van der Waals surface area contributed by atoms with Crippen LogP contribution in [0.25, 0.3) is 0 Å². The minimum absolute atomic E-state index is 0.0120. The van der Waals surface area contributed by atoms with Crippen molar-refractivity contribution in [2.45, 2.75) is 64.0 Å². The molecule has 0 aromatic rings. The van der Waals surface area contributed by atoms with Gasteiger partial charge in [-0.3, -0.25) is 9.59 Å². The zero-order valence-electron chi connectivity index (χ0n) is 12.1. The van der Waals surface area contributed by atoms with E-state index in [0.29, 0.717) is 6.54 Å². The average Bonchev–Trinajstić information content (AvgIpc) is 2.44. The molecule has 1 aliphatic rings. The normalized spacial score (nSPS) is 21.0. The molecule has 1 amide bonds. The Hall–Kier alpha value is -1.10. The molecule has 0 aromatic carbocycles. The molecular formula is C14H26N2O3. The number of unbranched alkanes of at least 4 members (excludes halogenated alkanes) is 1. The number of esters is 1. The second-order valence-corrected chi connectivity index (χ2v) is 5.21. The van der Waals surface area contributed by atoms with Gasteiger partial charge < -0.3 is 15.4 Å². The highest BCUT2D eigenvalue weighted by Crippen LogP contribution is 2.21. The first-order chi connectivity index (χ1) is 9.10. The molecule has 19 heavy (non-hydrogen) atoms. The van der Waals surface area contributed by atoms with Crippen LogP contribution in [0.1, 0.15) is 51.9 Å². The fourth-order valence-corrected chi connectivity index (χ4v) is 2.54. The lowest BCUT2D eigenvalue weighted by molar-refractivity contribution is -0.145. The van der Waals surface area contributed by atoms with Crippen molar-refractivity contribution in [1.82, 2.24) is 4.90 Å². The lowest BCUT2D eigenvalue weighted by atomic mass is 9.97. The number of hydrogen-bond donors (Lipinski definition) is 1. The van der Waals surface area contributed by atoms with Crippen LogP contribution in [0.15, 0.2) is 0 Å². The Kier molecular flexibility index (Phi) is 6.84. The van der Waals surface area contributed by atoms with E-state index in [1.54, 1.807) is 4.90 Å². The summed E-state index contributed by atoms with van der Waals surface area (Å²) in [7, 11) is 1.38. The maximum absolute atomic E-state index is 12.3. The van der Waals surface area contributed by atoms with Crippen molar-refractivity contribution < 1.29 is 14.3 Å². The SMILES string of the molecule is CCCC[C@H](N)C(=O)N1CCCCC1CC(=O)OC. The molecule has 1 saturated heterocycles. The lowest BCUT2D eigenvalue weighted by Gasteiger charge is -2.36. The summed E-state index contributed by atoms with van der Waals surface area (Å²) in [5.41, 5.74) is 5.95. The average molecular weight is 270 g/mol. The van der Waals surface area contributed by atoms with E-state index in [4.69, 9.17) is 10.5 Å². The molecule has 0 aromatic heterocycles. The topological polar surface area (TPSA) is 72.6 Å². The van der Waals surface area contributed by atoms with Crippen molar-refractivity contribution in [3.8, 4) is 0 Å². The Labute approximate surface area is 115 Å². The molecule has 5 heteroatoms. The van der Waals surface area contributed by atoms with E-state index in [2.05, 4.69) is 6.92 Å². The summed E-state index contributed by atoms with van der Waals surface area (Å²) >= 11 is 0.